The molecule has 33 heavy (non-hydrogen) atoms. The van der Waals surface area contributed by atoms with Crippen LogP contribution in [0.2, 0.25) is 0 Å². The molecule has 0 saturated heterocycles. The lowest BCUT2D eigenvalue weighted by Gasteiger charge is -2.38. The van der Waals surface area contributed by atoms with Gasteiger partial charge in [0.05, 0.1) is 12.4 Å². The summed E-state index contributed by atoms with van der Waals surface area (Å²) >= 11 is 0. The summed E-state index contributed by atoms with van der Waals surface area (Å²) in [6.45, 7) is 2.16. The number of carbonyl (C=O) groups excluding carboxylic acids is 1. The van der Waals surface area contributed by atoms with E-state index < -0.39 is 12.3 Å². The van der Waals surface area contributed by atoms with Gasteiger partial charge in [-0.25, -0.2) is 0 Å². The van der Waals surface area contributed by atoms with Crippen molar-refractivity contribution in [1.82, 2.24) is 14.5 Å². The molecule has 11 heteroatoms. The van der Waals surface area contributed by atoms with Crippen LogP contribution in [0.4, 0.5) is 5.82 Å². The SMILES string of the molecule is CCc1cccc(Oc2nc3c(n2C/C(N)=C/C=C(N)N)C(=O)N(CCCO)C(O)N3C)c1. The Morgan fingerprint density at radius 2 is 2.03 bits per heavy atom. The highest BCUT2D eigenvalue weighted by Crippen LogP contribution is 2.34. The van der Waals surface area contributed by atoms with Crippen LogP contribution >= 0.6 is 0 Å². The minimum absolute atomic E-state index is 0.0679. The maximum atomic E-state index is 13.3. The van der Waals surface area contributed by atoms with Crippen molar-refractivity contribution in [3.05, 3.63) is 59.2 Å². The quantitative estimate of drug-likeness (QED) is 0.334. The number of ether oxygens (including phenoxy) is 1. The van der Waals surface area contributed by atoms with Gasteiger partial charge in [-0.1, -0.05) is 19.1 Å². The van der Waals surface area contributed by atoms with E-state index in [0.29, 0.717) is 17.9 Å². The van der Waals surface area contributed by atoms with Gasteiger partial charge in [-0.15, -0.1) is 0 Å². The van der Waals surface area contributed by atoms with Crippen molar-refractivity contribution in [2.45, 2.75) is 32.7 Å². The van der Waals surface area contributed by atoms with Crippen LogP contribution in [0.5, 0.6) is 11.8 Å². The fourth-order valence-corrected chi connectivity index (χ4v) is 3.49. The molecule has 1 unspecified atom stereocenters. The number of imidazole rings is 1. The first-order valence-electron chi connectivity index (χ1n) is 10.6. The molecule has 0 spiro atoms. The second-order valence-electron chi connectivity index (χ2n) is 7.70. The van der Waals surface area contributed by atoms with Gasteiger partial charge in [0.15, 0.2) is 11.5 Å². The monoisotopic (exact) mass is 457 g/mol. The molecule has 2 heterocycles. The van der Waals surface area contributed by atoms with E-state index in [0.717, 1.165) is 12.0 Å². The number of benzene rings is 1. The van der Waals surface area contributed by atoms with Crippen molar-refractivity contribution < 1.29 is 19.7 Å². The second-order valence-corrected chi connectivity index (χ2v) is 7.70. The van der Waals surface area contributed by atoms with E-state index in [1.54, 1.807) is 23.8 Å². The van der Waals surface area contributed by atoms with E-state index in [1.165, 1.54) is 15.9 Å². The van der Waals surface area contributed by atoms with Crippen LogP contribution in [0.25, 0.3) is 0 Å². The first kappa shape index (κ1) is 24.0. The summed E-state index contributed by atoms with van der Waals surface area (Å²) in [6.07, 6.45) is 2.91. The minimum Gasteiger partial charge on any atom is -0.425 e. The van der Waals surface area contributed by atoms with Crippen LogP contribution in [0.1, 0.15) is 29.4 Å². The van der Waals surface area contributed by atoms with Crippen molar-refractivity contribution in [3.63, 3.8) is 0 Å². The molecular weight excluding hydrogens is 426 g/mol. The summed E-state index contributed by atoms with van der Waals surface area (Å²) < 4.78 is 7.62. The highest BCUT2D eigenvalue weighted by atomic mass is 16.5. The third-order valence-corrected chi connectivity index (χ3v) is 5.24. The number of anilines is 1. The highest BCUT2D eigenvalue weighted by Gasteiger charge is 2.40. The number of aryl methyl sites for hydroxylation is 1. The Balaban J connectivity index is 2.08. The molecule has 8 N–H and O–H groups in total. The number of nitrogens with two attached hydrogens (primary N) is 3. The topological polar surface area (TPSA) is 169 Å². The van der Waals surface area contributed by atoms with Gasteiger partial charge in [0.25, 0.3) is 5.91 Å². The molecule has 1 aromatic heterocycles. The Morgan fingerprint density at radius 3 is 2.70 bits per heavy atom. The molecule has 1 atom stereocenters. The molecule has 0 radical (unpaired) electrons. The minimum atomic E-state index is -1.23. The molecule has 3 rings (SSSR count). The molecule has 0 fully saturated rings. The summed E-state index contributed by atoms with van der Waals surface area (Å²) in [5.41, 5.74) is 18.8. The largest absolute Gasteiger partial charge is 0.425 e. The van der Waals surface area contributed by atoms with Gasteiger partial charge in [0.2, 0.25) is 6.35 Å². The molecule has 2 aromatic rings. The predicted molar refractivity (Wildman–Crippen MR) is 124 cm³/mol. The fraction of sp³-hybridized carbons (Fsp3) is 0.364. The molecule has 1 amide bonds. The van der Waals surface area contributed by atoms with Gasteiger partial charge < -0.3 is 37.1 Å². The Labute approximate surface area is 192 Å². The molecule has 0 saturated carbocycles. The number of aliphatic hydroxyl groups excluding tert-OH is 2. The van der Waals surface area contributed by atoms with Gasteiger partial charge in [0, 0.05) is 25.9 Å². The maximum Gasteiger partial charge on any atom is 0.304 e. The van der Waals surface area contributed by atoms with Gasteiger partial charge in [-0.05, 0) is 42.7 Å². The number of nitrogens with zero attached hydrogens (tertiary/aromatic N) is 4. The Bertz CT molecular complexity index is 1060. The van der Waals surface area contributed by atoms with Gasteiger partial charge >= 0.3 is 6.01 Å². The van der Waals surface area contributed by atoms with Gasteiger partial charge in [-0.2, -0.15) is 4.98 Å². The number of hydrogen-bond acceptors (Lipinski definition) is 9. The molecule has 11 nitrogen and oxygen atoms in total. The average molecular weight is 458 g/mol. The van der Waals surface area contributed by atoms with E-state index in [1.807, 2.05) is 25.1 Å². The number of fused-ring (bicyclic) bond motifs is 1. The highest BCUT2D eigenvalue weighted by molar-refractivity contribution is 5.99. The summed E-state index contributed by atoms with van der Waals surface area (Å²) in [5.74, 6) is 0.457. The standard InChI is InChI=1S/C22H31N7O4/c1-3-14-6-4-7-16(12-14)33-21-26-19-18(29(21)13-15(23)8-9-17(24)25)20(31)28(10-5-11-30)22(32)27(19)2/h4,6-9,12,22,30,32H,3,5,10-11,13,23-25H2,1-2H3/b15-8-. The Hall–Kier alpha value is -3.70. The molecule has 178 valence electrons. The number of amides is 1. The summed E-state index contributed by atoms with van der Waals surface area (Å²) in [7, 11) is 1.62. The summed E-state index contributed by atoms with van der Waals surface area (Å²) in [6, 6.07) is 7.69. The number of aliphatic hydroxyl groups is 2. The van der Waals surface area contributed by atoms with Crippen molar-refractivity contribution in [3.8, 4) is 11.8 Å². The van der Waals surface area contributed by atoms with Crippen LogP contribution in [-0.2, 0) is 13.0 Å². The maximum absolute atomic E-state index is 13.3. The van der Waals surface area contributed by atoms with Crippen molar-refractivity contribution in [2.75, 3.05) is 25.1 Å². The predicted octanol–water partition coefficient (Wildman–Crippen LogP) is 0.390. The third-order valence-electron chi connectivity index (χ3n) is 5.24. The zero-order valence-electron chi connectivity index (χ0n) is 18.8. The molecule has 0 bridgehead atoms. The normalized spacial score (nSPS) is 16.1. The van der Waals surface area contributed by atoms with E-state index in [2.05, 4.69) is 4.98 Å². The van der Waals surface area contributed by atoms with E-state index in [-0.39, 0.29) is 43.0 Å². The fourth-order valence-electron chi connectivity index (χ4n) is 3.49. The number of allylic oxidation sites excluding steroid dienone is 3. The molecule has 1 aliphatic rings. The lowest BCUT2D eigenvalue weighted by molar-refractivity contribution is 0.00112. The first-order valence-corrected chi connectivity index (χ1v) is 10.6. The van der Waals surface area contributed by atoms with Crippen LogP contribution in [0, 0.1) is 0 Å². The van der Waals surface area contributed by atoms with Crippen LogP contribution in [0.15, 0.2) is 47.9 Å². The summed E-state index contributed by atoms with van der Waals surface area (Å²) in [4.78, 5) is 20.6. The van der Waals surface area contributed by atoms with Crippen molar-refractivity contribution >= 4 is 11.7 Å². The van der Waals surface area contributed by atoms with E-state index >= 15 is 0 Å². The Kier molecular flexibility index (Phi) is 7.46. The van der Waals surface area contributed by atoms with Crippen LogP contribution in [0.3, 0.4) is 0 Å². The Morgan fingerprint density at radius 1 is 1.27 bits per heavy atom. The number of hydrogen-bond donors (Lipinski definition) is 5. The van der Waals surface area contributed by atoms with Gasteiger partial charge in [-0.3, -0.25) is 14.3 Å². The first-order chi connectivity index (χ1) is 15.8. The zero-order chi connectivity index (χ0) is 24.1. The molecule has 0 aliphatic carbocycles. The van der Waals surface area contributed by atoms with Crippen molar-refractivity contribution in [2.24, 2.45) is 17.2 Å². The lowest BCUT2D eigenvalue weighted by atomic mass is 10.2. The zero-order valence-corrected chi connectivity index (χ0v) is 18.8. The molecule has 1 aliphatic heterocycles. The third kappa shape index (κ3) is 5.21. The van der Waals surface area contributed by atoms with E-state index in [9.17, 15) is 15.0 Å². The van der Waals surface area contributed by atoms with Crippen molar-refractivity contribution in [1.29, 1.82) is 0 Å². The second kappa shape index (κ2) is 10.3. The van der Waals surface area contributed by atoms with Gasteiger partial charge in [0.1, 0.15) is 5.75 Å². The number of aromatic nitrogens is 2. The van der Waals surface area contributed by atoms with E-state index in [4.69, 9.17) is 21.9 Å². The number of rotatable bonds is 9. The van der Waals surface area contributed by atoms with Crippen LogP contribution < -0.4 is 26.8 Å². The average Bonchev–Trinajstić information content (AvgIpc) is 3.14. The van der Waals surface area contributed by atoms with Crippen LogP contribution in [-0.4, -0.2) is 57.1 Å². The lowest BCUT2D eigenvalue weighted by Crippen LogP contribution is -2.54. The summed E-state index contributed by atoms with van der Waals surface area (Å²) in [5, 5.41) is 19.9. The number of carbonyl (C=O) groups is 1. The smallest absolute Gasteiger partial charge is 0.304 e. The molecular formula is C22H31N7O4. The molecule has 1 aromatic carbocycles.